The Kier molecular flexibility index (Phi) is 4.89. The van der Waals surface area contributed by atoms with E-state index in [9.17, 15) is 21.9 Å². The highest BCUT2D eigenvalue weighted by atomic mass is 32.2. The van der Waals surface area contributed by atoms with Crippen molar-refractivity contribution in [3.63, 3.8) is 0 Å². The average Bonchev–Trinajstić information content (AvgIpc) is 2.84. The van der Waals surface area contributed by atoms with E-state index in [0.717, 1.165) is 17.4 Å². The van der Waals surface area contributed by atoms with Crippen LogP contribution in [0.1, 0.15) is 26.3 Å². The van der Waals surface area contributed by atoms with E-state index in [1.165, 1.54) is 28.6 Å². The van der Waals surface area contributed by atoms with E-state index in [0.29, 0.717) is 9.88 Å². The minimum atomic E-state index is -4.45. The highest BCUT2D eigenvalue weighted by Crippen LogP contribution is 2.42. The van der Waals surface area contributed by atoms with E-state index in [1.54, 1.807) is 26.8 Å². The summed E-state index contributed by atoms with van der Waals surface area (Å²) >= 11 is -1.22. The standard InChI is InChI=1S/C15H16F3NO2S2/c1-14(2,3)19(23(20)21)13-9-8-12(22-13)10-6-4-5-7-11(10)15(16,17)18/h4-9H,1-3H3,(H,20,21). The smallest absolute Gasteiger partial charge is 0.289 e. The summed E-state index contributed by atoms with van der Waals surface area (Å²) in [5.74, 6) is 0. The van der Waals surface area contributed by atoms with E-state index in [-0.39, 0.29) is 5.56 Å². The number of hydrogen-bond donors (Lipinski definition) is 1. The van der Waals surface area contributed by atoms with Crippen LogP contribution in [-0.2, 0) is 17.4 Å². The lowest BCUT2D eigenvalue weighted by atomic mass is 10.1. The molecule has 1 atom stereocenters. The van der Waals surface area contributed by atoms with Crippen LogP contribution in [0.15, 0.2) is 36.4 Å². The number of alkyl halides is 3. The second-order valence-corrected chi connectivity index (χ2v) is 7.77. The number of halogens is 3. The predicted octanol–water partition coefficient (Wildman–Crippen LogP) is 5.18. The summed E-state index contributed by atoms with van der Waals surface area (Å²) < 4.78 is 61.7. The number of benzene rings is 1. The van der Waals surface area contributed by atoms with Gasteiger partial charge in [-0.2, -0.15) is 13.2 Å². The van der Waals surface area contributed by atoms with Crippen LogP contribution in [0, 0.1) is 0 Å². The van der Waals surface area contributed by atoms with E-state index in [1.807, 2.05) is 0 Å². The minimum absolute atomic E-state index is 0.0637. The van der Waals surface area contributed by atoms with Crippen molar-refractivity contribution < 1.29 is 21.9 Å². The fraction of sp³-hybridized carbons (Fsp3) is 0.333. The Hall–Kier alpha value is -1.38. The molecule has 1 aromatic carbocycles. The molecule has 1 unspecified atom stereocenters. The van der Waals surface area contributed by atoms with Crippen molar-refractivity contribution in [2.45, 2.75) is 32.5 Å². The SMILES string of the molecule is CC(C)(C)N(c1ccc(-c2ccccc2C(F)(F)F)s1)S(=O)O. The van der Waals surface area contributed by atoms with Crippen molar-refractivity contribution >= 4 is 27.6 Å². The van der Waals surface area contributed by atoms with Crippen molar-refractivity contribution in [2.75, 3.05) is 4.31 Å². The molecule has 2 rings (SSSR count). The number of thiophene rings is 1. The van der Waals surface area contributed by atoms with Crippen LogP contribution in [0.5, 0.6) is 0 Å². The molecule has 0 bridgehead atoms. The van der Waals surface area contributed by atoms with Gasteiger partial charge in [0.1, 0.15) is 5.00 Å². The Morgan fingerprint density at radius 2 is 1.70 bits per heavy atom. The van der Waals surface area contributed by atoms with Gasteiger partial charge >= 0.3 is 6.18 Å². The molecule has 0 spiro atoms. The third-order valence-corrected chi connectivity index (χ3v) is 5.33. The normalized spacial score (nSPS) is 13.9. The molecule has 0 aliphatic rings. The number of nitrogens with zero attached hydrogens (tertiary/aromatic N) is 1. The van der Waals surface area contributed by atoms with Crippen molar-refractivity contribution in [3.05, 3.63) is 42.0 Å². The summed E-state index contributed by atoms with van der Waals surface area (Å²) in [6.45, 7) is 5.26. The molecule has 0 aliphatic heterocycles. The van der Waals surface area contributed by atoms with Crippen LogP contribution < -0.4 is 4.31 Å². The zero-order chi connectivity index (χ0) is 17.4. The zero-order valence-electron chi connectivity index (χ0n) is 12.7. The molecule has 8 heteroatoms. The average molecular weight is 363 g/mol. The highest BCUT2D eigenvalue weighted by Gasteiger charge is 2.34. The lowest BCUT2D eigenvalue weighted by molar-refractivity contribution is -0.137. The van der Waals surface area contributed by atoms with Crippen LogP contribution >= 0.6 is 11.3 Å². The van der Waals surface area contributed by atoms with Crippen molar-refractivity contribution in [1.29, 1.82) is 0 Å². The van der Waals surface area contributed by atoms with E-state index < -0.39 is 28.5 Å². The van der Waals surface area contributed by atoms with Gasteiger partial charge in [0.25, 0.3) is 11.3 Å². The third kappa shape index (κ3) is 3.94. The molecule has 1 heterocycles. The second kappa shape index (κ2) is 6.26. The Bertz CT molecular complexity index is 720. The monoisotopic (exact) mass is 363 g/mol. The first-order valence-corrected chi connectivity index (χ1v) is 8.57. The molecule has 2 aromatic rings. The maximum absolute atomic E-state index is 13.1. The lowest BCUT2D eigenvalue weighted by Crippen LogP contribution is -2.42. The fourth-order valence-electron chi connectivity index (χ4n) is 2.17. The van der Waals surface area contributed by atoms with Gasteiger partial charge in [0.15, 0.2) is 0 Å². The Balaban J connectivity index is 2.51. The highest BCUT2D eigenvalue weighted by molar-refractivity contribution is 7.81. The molecule has 126 valence electrons. The van der Waals surface area contributed by atoms with Crippen LogP contribution in [0.3, 0.4) is 0 Å². The molecule has 1 N–H and O–H groups in total. The van der Waals surface area contributed by atoms with Gasteiger partial charge in [-0.05, 0) is 39.0 Å². The molecule has 3 nitrogen and oxygen atoms in total. The third-order valence-electron chi connectivity index (χ3n) is 3.06. The molecule has 1 aromatic heterocycles. The quantitative estimate of drug-likeness (QED) is 0.764. The molecule has 0 amide bonds. The van der Waals surface area contributed by atoms with Gasteiger partial charge in [-0.1, -0.05) is 18.2 Å². The summed E-state index contributed by atoms with van der Waals surface area (Å²) in [6.07, 6.45) is -4.45. The first kappa shape index (κ1) is 18.0. The second-order valence-electron chi connectivity index (χ2n) is 5.88. The maximum Gasteiger partial charge on any atom is 0.417 e. The molecule has 0 fully saturated rings. The van der Waals surface area contributed by atoms with Crippen molar-refractivity contribution in [1.82, 2.24) is 0 Å². The molecular weight excluding hydrogens is 347 g/mol. The maximum atomic E-state index is 13.1. The first-order chi connectivity index (χ1) is 10.5. The molecule has 0 saturated carbocycles. The molecule has 0 aliphatic carbocycles. The number of anilines is 1. The summed E-state index contributed by atoms with van der Waals surface area (Å²) in [4.78, 5) is 0.396. The van der Waals surface area contributed by atoms with Gasteiger partial charge in [-0.25, -0.2) is 4.21 Å². The van der Waals surface area contributed by atoms with Crippen molar-refractivity contribution in [3.8, 4) is 10.4 Å². The van der Waals surface area contributed by atoms with Gasteiger partial charge < -0.3 is 0 Å². The van der Waals surface area contributed by atoms with E-state index in [4.69, 9.17) is 0 Å². The van der Waals surface area contributed by atoms with Gasteiger partial charge in [-0.3, -0.25) is 8.86 Å². The topological polar surface area (TPSA) is 40.5 Å². The summed E-state index contributed by atoms with van der Waals surface area (Å²) in [5, 5.41) is 0.435. The predicted molar refractivity (Wildman–Crippen MR) is 87.8 cm³/mol. The Morgan fingerprint density at radius 1 is 1.09 bits per heavy atom. The summed E-state index contributed by atoms with van der Waals surface area (Å²) in [6, 6.07) is 8.40. The molecule has 0 radical (unpaired) electrons. The fourth-order valence-corrected chi connectivity index (χ4v) is 4.30. The molecule has 0 saturated heterocycles. The lowest BCUT2D eigenvalue weighted by Gasteiger charge is -2.32. The van der Waals surface area contributed by atoms with Crippen LogP contribution in [0.2, 0.25) is 0 Å². The summed E-state index contributed by atoms with van der Waals surface area (Å²) in [7, 11) is 0. The molecular formula is C15H16F3NO2S2. The number of hydrogen-bond acceptors (Lipinski definition) is 2. The van der Waals surface area contributed by atoms with Gasteiger partial charge in [0.2, 0.25) is 0 Å². The van der Waals surface area contributed by atoms with Gasteiger partial charge in [-0.15, -0.1) is 11.3 Å². The van der Waals surface area contributed by atoms with E-state index in [2.05, 4.69) is 0 Å². The van der Waals surface area contributed by atoms with Crippen LogP contribution in [0.4, 0.5) is 18.2 Å². The Labute approximate surface area is 139 Å². The van der Waals surface area contributed by atoms with Crippen LogP contribution in [-0.4, -0.2) is 14.3 Å². The molecule has 23 heavy (non-hydrogen) atoms. The zero-order valence-corrected chi connectivity index (χ0v) is 14.4. The summed E-state index contributed by atoms with van der Waals surface area (Å²) in [5.41, 5.74) is -1.31. The van der Waals surface area contributed by atoms with Crippen molar-refractivity contribution in [2.24, 2.45) is 0 Å². The largest absolute Gasteiger partial charge is 0.417 e. The van der Waals surface area contributed by atoms with Gasteiger partial charge in [0, 0.05) is 16.0 Å². The minimum Gasteiger partial charge on any atom is -0.289 e. The Morgan fingerprint density at radius 3 is 2.22 bits per heavy atom. The number of rotatable bonds is 3. The van der Waals surface area contributed by atoms with Gasteiger partial charge in [0.05, 0.1) is 5.56 Å². The van der Waals surface area contributed by atoms with Crippen LogP contribution in [0.25, 0.3) is 10.4 Å². The van der Waals surface area contributed by atoms with E-state index >= 15 is 0 Å². The first-order valence-electron chi connectivity index (χ1n) is 6.69.